The fourth-order valence-electron chi connectivity index (χ4n) is 0.220. The Morgan fingerprint density at radius 2 is 2.33 bits per heavy atom. The number of carboxylic acid groups (broad SMARTS) is 1. The second-order valence-corrected chi connectivity index (χ2v) is 1.17. The monoisotopic (exact) mass is 122 g/mol. The van der Waals surface area contributed by atoms with Gasteiger partial charge in [-0.3, -0.25) is 0 Å². The van der Waals surface area contributed by atoms with Crippen LogP contribution in [0.2, 0.25) is 0 Å². The Labute approximate surface area is 53.5 Å². The van der Waals surface area contributed by atoms with E-state index in [4.69, 9.17) is 5.11 Å². The number of rotatable bonds is 1. The lowest BCUT2D eigenvalue weighted by Gasteiger charge is -1.66. The van der Waals surface area contributed by atoms with Crippen LogP contribution in [0.15, 0.2) is 24.8 Å². The first-order valence-electron chi connectivity index (χ1n) is 2.29. The predicted molar refractivity (Wildman–Crippen MR) is 34.7 cm³/mol. The molecule has 2 nitrogen and oxygen atoms in total. The van der Waals surface area contributed by atoms with Gasteiger partial charge in [0.25, 0.3) is 0 Å². The van der Waals surface area contributed by atoms with Gasteiger partial charge in [-0.1, -0.05) is 24.7 Å². The molecule has 0 bridgehead atoms. The lowest BCUT2D eigenvalue weighted by atomic mass is 10.5. The zero-order valence-corrected chi connectivity index (χ0v) is 4.79. The van der Waals surface area contributed by atoms with Crippen molar-refractivity contribution in [1.29, 1.82) is 0 Å². The van der Waals surface area contributed by atoms with Gasteiger partial charge in [-0.25, -0.2) is 4.79 Å². The smallest absolute Gasteiger partial charge is 0.382 e. The lowest BCUT2D eigenvalue weighted by Crippen LogP contribution is -1.85. The standard InChI is InChI=1S/C7H6O2/c1-2-3-4-5-6-7(8)9/h2-4H,1H2,(H,8,9). The molecule has 0 amide bonds. The quantitative estimate of drug-likeness (QED) is 0.413. The average Bonchev–Trinajstić information content (AvgIpc) is 1.80. The SMILES string of the molecule is C=CC=CC#CC(=O)O. The summed E-state index contributed by atoms with van der Waals surface area (Å²) < 4.78 is 0. The van der Waals surface area contributed by atoms with Crippen molar-refractivity contribution in [2.45, 2.75) is 0 Å². The molecule has 0 rings (SSSR count). The first-order valence-corrected chi connectivity index (χ1v) is 2.29. The molecule has 0 aliphatic rings. The van der Waals surface area contributed by atoms with Gasteiger partial charge in [-0.2, -0.15) is 0 Å². The van der Waals surface area contributed by atoms with E-state index in [1.165, 1.54) is 12.2 Å². The molecule has 0 saturated heterocycles. The van der Waals surface area contributed by atoms with Crippen molar-refractivity contribution in [1.82, 2.24) is 0 Å². The molecule has 0 saturated carbocycles. The molecular weight excluding hydrogens is 116 g/mol. The molecule has 0 spiro atoms. The Bertz CT molecular complexity index is 191. The summed E-state index contributed by atoms with van der Waals surface area (Å²) in [6.45, 7) is 3.38. The van der Waals surface area contributed by atoms with E-state index < -0.39 is 5.97 Å². The van der Waals surface area contributed by atoms with Crippen LogP contribution in [-0.4, -0.2) is 11.1 Å². The van der Waals surface area contributed by atoms with Gasteiger partial charge in [0.1, 0.15) is 0 Å². The summed E-state index contributed by atoms with van der Waals surface area (Å²) in [5.41, 5.74) is 0. The summed E-state index contributed by atoms with van der Waals surface area (Å²) in [6, 6.07) is 0. The van der Waals surface area contributed by atoms with E-state index in [9.17, 15) is 4.79 Å². The molecule has 2 heteroatoms. The van der Waals surface area contributed by atoms with Crippen molar-refractivity contribution in [3.8, 4) is 11.8 Å². The van der Waals surface area contributed by atoms with Crippen molar-refractivity contribution in [3.05, 3.63) is 24.8 Å². The van der Waals surface area contributed by atoms with Crippen molar-refractivity contribution in [2.75, 3.05) is 0 Å². The van der Waals surface area contributed by atoms with E-state index in [-0.39, 0.29) is 0 Å². The maximum Gasteiger partial charge on any atom is 0.382 e. The van der Waals surface area contributed by atoms with Gasteiger partial charge in [0, 0.05) is 5.92 Å². The lowest BCUT2D eigenvalue weighted by molar-refractivity contribution is -0.130. The number of hydrogen-bond donors (Lipinski definition) is 1. The van der Waals surface area contributed by atoms with Crippen molar-refractivity contribution >= 4 is 5.97 Å². The molecule has 0 radical (unpaired) electrons. The predicted octanol–water partition coefficient (Wildman–Crippen LogP) is 0.817. The number of aliphatic carboxylic acids is 1. The molecule has 0 heterocycles. The molecule has 46 valence electrons. The summed E-state index contributed by atoms with van der Waals surface area (Å²) in [7, 11) is 0. The third kappa shape index (κ3) is 6.51. The minimum atomic E-state index is -1.12. The number of allylic oxidation sites excluding steroid dienone is 3. The molecule has 0 atom stereocenters. The highest BCUT2D eigenvalue weighted by atomic mass is 16.4. The summed E-state index contributed by atoms with van der Waals surface area (Å²) in [4.78, 5) is 9.73. The Balaban J connectivity index is 3.75. The molecule has 0 aliphatic carbocycles. The van der Waals surface area contributed by atoms with Crippen LogP contribution in [0.3, 0.4) is 0 Å². The summed E-state index contributed by atoms with van der Waals surface area (Å²) in [6.07, 6.45) is 4.51. The van der Waals surface area contributed by atoms with Crippen LogP contribution in [-0.2, 0) is 4.79 Å². The third-order valence-corrected chi connectivity index (χ3v) is 0.495. The van der Waals surface area contributed by atoms with Gasteiger partial charge >= 0.3 is 5.97 Å². The molecule has 0 aromatic carbocycles. The van der Waals surface area contributed by atoms with Gasteiger partial charge in [-0.15, -0.1) is 0 Å². The average molecular weight is 122 g/mol. The topological polar surface area (TPSA) is 37.3 Å². The Morgan fingerprint density at radius 1 is 1.67 bits per heavy atom. The van der Waals surface area contributed by atoms with Gasteiger partial charge in [0.15, 0.2) is 0 Å². The van der Waals surface area contributed by atoms with Crippen LogP contribution < -0.4 is 0 Å². The van der Waals surface area contributed by atoms with Crippen LogP contribution in [0.1, 0.15) is 0 Å². The van der Waals surface area contributed by atoms with E-state index in [1.807, 2.05) is 5.92 Å². The fraction of sp³-hybridized carbons (Fsp3) is 0. The maximum absolute atomic E-state index is 9.73. The van der Waals surface area contributed by atoms with Gasteiger partial charge < -0.3 is 5.11 Å². The minimum Gasteiger partial charge on any atom is -0.472 e. The van der Waals surface area contributed by atoms with Crippen molar-refractivity contribution in [3.63, 3.8) is 0 Å². The largest absolute Gasteiger partial charge is 0.472 e. The summed E-state index contributed by atoms with van der Waals surface area (Å²) in [5.74, 6) is 3.08. The second kappa shape index (κ2) is 4.66. The van der Waals surface area contributed by atoms with Crippen LogP contribution >= 0.6 is 0 Å². The van der Waals surface area contributed by atoms with Crippen LogP contribution in [0.4, 0.5) is 0 Å². The van der Waals surface area contributed by atoms with E-state index in [2.05, 4.69) is 12.5 Å². The Hall–Kier alpha value is -1.49. The van der Waals surface area contributed by atoms with Crippen LogP contribution in [0, 0.1) is 11.8 Å². The molecule has 0 aliphatic heterocycles. The van der Waals surface area contributed by atoms with Crippen LogP contribution in [0.25, 0.3) is 0 Å². The first-order chi connectivity index (χ1) is 4.27. The normalized spacial score (nSPS) is 8.00. The molecule has 1 N–H and O–H groups in total. The summed E-state index contributed by atoms with van der Waals surface area (Å²) >= 11 is 0. The fourth-order valence-corrected chi connectivity index (χ4v) is 0.220. The van der Waals surface area contributed by atoms with Gasteiger partial charge in [0.2, 0.25) is 0 Å². The highest BCUT2D eigenvalue weighted by Crippen LogP contribution is 1.68. The van der Waals surface area contributed by atoms with Crippen molar-refractivity contribution in [2.24, 2.45) is 0 Å². The maximum atomic E-state index is 9.73. The Kier molecular flexibility index (Phi) is 3.89. The molecule has 0 fully saturated rings. The van der Waals surface area contributed by atoms with Gasteiger partial charge in [-0.05, 0) is 6.08 Å². The van der Waals surface area contributed by atoms with Crippen LogP contribution in [0.5, 0.6) is 0 Å². The van der Waals surface area contributed by atoms with Gasteiger partial charge in [0.05, 0.1) is 0 Å². The number of carboxylic acids is 1. The molecule has 0 unspecified atom stereocenters. The number of carbonyl (C=O) groups is 1. The zero-order chi connectivity index (χ0) is 7.11. The molecular formula is C7H6O2. The highest BCUT2D eigenvalue weighted by molar-refractivity contribution is 5.86. The zero-order valence-electron chi connectivity index (χ0n) is 4.79. The number of hydrogen-bond acceptors (Lipinski definition) is 1. The minimum absolute atomic E-state index is 1.12. The molecule has 0 aromatic heterocycles. The second-order valence-electron chi connectivity index (χ2n) is 1.17. The highest BCUT2D eigenvalue weighted by Gasteiger charge is 1.77. The van der Waals surface area contributed by atoms with E-state index in [0.29, 0.717) is 0 Å². The third-order valence-electron chi connectivity index (χ3n) is 0.495. The molecule has 0 aromatic rings. The first kappa shape index (κ1) is 7.51. The van der Waals surface area contributed by atoms with E-state index in [1.54, 1.807) is 6.08 Å². The summed E-state index contributed by atoms with van der Waals surface area (Å²) in [5, 5.41) is 7.98. The van der Waals surface area contributed by atoms with E-state index >= 15 is 0 Å². The Morgan fingerprint density at radius 3 is 2.78 bits per heavy atom. The van der Waals surface area contributed by atoms with E-state index in [0.717, 1.165) is 0 Å². The van der Waals surface area contributed by atoms with Crippen molar-refractivity contribution < 1.29 is 9.90 Å². The molecule has 9 heavy (non-hydrogen) atoms.